The van der Waals surface area contributed by atoms with Crippen LogP contribution < -0.4 is 25.2 Å². The number of halogens is 3. The number of benzene rings is 3. The van der Waals surface area contributed by atoms with E-state index in [9.17, 15) is 42.7 Å². The number of aromatic nitrogens is 1. The van der Waals surface area contributed by atoms with E-state index in [0.717, 1.165) is 38.7 Å². The first-order chi connectivity index (χ1) is 36.0. The van der Waals surface area contributed by atoms with Crippen molar-refractivity contribution in [1.29, 1.82) is 5.26 Å². The molecule has 4 aromatic rings. The number of carbonyl (C=O) groups is 4. The molecule has 4 amide bonds. The number of β-amino-alcohol motifs (C(OH)–C–C–N with tert-alkyl or cyclic N) is 1. The van der Waals surface area contributed by atoms with Crippen molar-refractivity contribution >= 4 is 63.7 Å². The highest BCUT2D eigenvalue weighted by molar-refractivity contribution is 7.81. The number of carbonyl (C=O) groups excluding carboxylic acids is 4. The normalized spacial score (nSPS) is 20.1. The van der Waals surface area contributed by atoms with E-state index >= 15 is 0 Å². The fraction of sp³-hybridized carbons (Fsp3) is 0.500. The van der Waals surface area contributed by atoms with E-state index in [2.05, 4.69) is 20.5 Å². The predicted molar refractivity (Wildman–Crippen MR) is 286 cm³/mol. The molecular formula is C54H66F3N9O8S2. The number of aryl methyl sites for hydroxylation is 1. The van der Waals surface area contributed by atoms with Gasteiger partial charge in [-0.3, -0.25) is 33.9 Å². The summed E-state index contributed by atoms with van der Waals surface area (Å²) in [4.78, 5) is 69.0. The average molecular weight is 1090 g/mol. The molecule has 3 aromatic carbocycles. The molecule has 76 heavy (non-hydrogen) atoms. The summed E-state index contributed by atoms with van der Waals surface area (Å²) < 4.78 is 59.5. The number of aliphatic hydroxyl groups is 1. The molecule has 3 aliphatic rings. The summed E-state index contributed by atoms with van der Waals surface area (Å²) in [5.41, 5.74) is 1.42. The molecule has 0 radical (unpaired) electrons. The first-order valence-corrected chi connectivity index (χ1v) is 26.5. The van der Waals surface area contributed by atoms with Crippen LogP contribution in [0.25, 0.3) is 10.4 Å². The molecular weight excluding hydrogens is 1020 g/mol. The molecule has 0 unspecified atom stereocenters. The van der Waals surface area contributed by atoms with Gasteiger partial charge in [-0.1, -0.05) is 45.0 Å². The van der Waals surface area contributed by atoms with Gasteiger partial charge in [-0.05, 0) is 98.9 Å². The number of rotatable bonds is 14. The lowest BCUT2D eigenvalue weighted by atomic mass is 9.85. The number of alkyl halides is 3. The Bertz CT molecular complexity index is 2750. The Morgan fingerprint density at radius 2 is 1.57 bits per heavy atom. The summed E-state index contributed by atoms with van der Waals surface area (Å²) in [7, 11) is 0. The van der Waals surface area contributed by atoms with Crippen molar-refractivity contribution in [2.24, 2.45) is 5.41 Å². The smallest absolute Gasteiger partial charge is 0.417 e. The number of aliphatic hydroxyl groups excluding tert-OH is 1. The minimum Gasteiger partial charge on any atom is -0.492 e. The highest BCUT2D eigenvalue weighted by Crippen LogP contribution is 2.40. The Labute approximate surface area is 450 Å². The van der Waals surface area contributed by atoms with Crippen LogP contribution in [-0.4, -0.2) is 156 Å². The third-order valence-corrected chi connectivity index (χ3v) is 15.1. The number of likely N-dealkylation sites (tertiary alicyclic amines) is 1. The van der Waals surface area contributed by atoms with Gasteiger partial charge in [0.15, 0.2) is 5.11 Å². The van der Waals surface area contributed by atoms with Crippen molar-refractivity contribution in [2.45, 2.75) is 90.8 Å². The average Bonchev–Trinajstić information content (AvgIpc) is 4.10. The number of nitrogens with one attached hydrogen (secondary N) is 2. The van der Waals surface area contributed by atoms with Crippen molar-refractivity contribution in [1.82, 2.24) is 30.3 Å². The molecule has 4 heterocycles. The van der Waals surface area contributed by atoms with E-state index in [1.54, 1.807) is 65.9 Å². The van der Waals surface area contributed by atoms with Crippen molar-refractivity contribution in [3.8, 4) is 22.3 Å². The Balaban J connectivity index is 0.864. The molecule has 3 saturated heterocycles. The van der Waals surface area contributed by atoms with Crippen LogP contribution in [0.2, 0.25) is 0 Å². The molecule has 17 nitrogen and oxygen atoms in total. The molecule has 408 valence electrons. The number of nitriles is 1. The number of hydrogen-bond donors (Lipinski definition) is 3. The molecule has 22 heteroatoms. The number of ether oxygens (including phenoxy) is 3. The standard InChI is InChI=1S/C54H66F3N9O8S2/c1-34(36-8-10-37(11-9-36)46-35(2)59-33-76-46)60-48(69)44-29-41(67)31-64(44)49(70)47(52(3,4)5)61-45(68)32-63-20-25-72-23-18-62(19-24-73-26-21-63)22-27-74-42-16-14-39(15-17-42)66-51(75)65(50(71)53(66,6)7)40-13-12-38(30-58)43(28-40)54(55,56)57/h8-17,28,33-34,41,44,47,67H,18-27,29,31-32H2,1-7H3,(H,60,69)(H,61,68)/t34-,41+,44-,47+/m0/s1. The maximum Gasteiger partial charge on any atom is 0.417 e. The third-order valence-electron chi connectivity index (χ3n) is 13.8. The Hall–Kier alpha value is -6.06. The number of nitrogens with zero attached hydrogens (tertiary/aromatic N) is 7. The predicted octanol–water partition coefficient (Wildman–Crippen LogP) is 6.33. The number of amides is 4. The van der Waals surface area contributed by atoms with Gasteiger partial charge in [-0.15, -0.1) is 11.3 Å². The monoisotopic (exact) mass is 1090 g/mol. The lowest BCUT2D eigenvalue weighted by Gasteiger charge is -2.36. The van der Waals surface area contributed by atoms with Gasteiger partial charge < -0.3 is 39.8 Å². The van der Waals surface area contributed by atoms with Crippen LogP contribution in [0.3, 0.4) is 0 Å². The Morgan fingerprint density at radius 3 is 2.14 bits per heavy atom. The summed E-state index contributed by atoms with van der Waals surface area (Å²) in [6.45, 7) is 17.0. The van der Waals surface area contributed by atoms with Crippen LogP contribution in [0.5, 0.6) is 5.75 Å². The number of thiazole rings is 1. The van der Waals surface area contributed by atoms with Crippen molar-refractivity contribution in [3.63, 3.8) is 0 Å². The SMILES string of the molecule is Cc1ncsc1-c1ccc([C@H](C)NC(=O)[C@@H]2C[C@@H](O)CN2C(=O)[C@@H](NC(=O)CN2CCOCCN(CCOc3ccc(N4C(=S)N(c5ccc(C#N)c(C(F)(F)F)c5)C(=O)C4(C)C)cc3)CCOCC2)C(C)(C)C)cc1. The van der Waals surface area contributed by atoms with Crippen molar-refractivity contribution in [3.05, 3.63) is 94.6 Å². The topological polar surface area (TPSA) is 193 Å². The maximum atomic E-state index is 14.3. The first-order valence-electron chi connectivity index (χ1n) is 25.2. The second kappa shape index (κ2) is 24.5. The van der Waals surface area contributed by atoms with Gasteiger partial charge in [0.05, 0.1) is 84.1 Å². The molecule has 0 spiro atoms. The molecule has 3 aliphatic heterocycles. The van der Waals surface area contributed by atoms with Gasteiger partial charge in [0.2, 0.25) is 17.7 Å². The Kier molecular flexibility index (Phi) is 18.6. The van der Waals surface area contributed by atoms with Crippen LogP contribution in [0.4, 0.5) is 24.5 Å². The van der Waals surface area contributed by atoms with E-state index in [4.69, 9.17) is 26.4 Å². The molecule has 3 fully saturated rings. The molecule has 0 saturated carbocycles. The molecule has 0 aliphatic carbocycles. The summed E-state index contributed by atoms with van der Waals surface area (Å²) in [5.74, 6) is -1.18. The highest BCUT2D eigenvalue weighted by atomic mass is 32.1. The van der Waals surface area contributed by atoms with E-state index in [1.807, 2.05) is 63.8 Å². The lowest BCUT2D eigenvalue weighted by molar-refractivity contribution is -0.144. The van der Waals surface area contributed by atoms with Crippen molar-refractivity contribution in [2.75, 3.05) is 88.6 Å². The fourth-order valence-electron chi connectivity index (χ4n) is 9.45. The van der Waals surface area contributed by atoms with Gasteiger partial charge in [0.1, 0.15) is 30.0 Å². The highest BCUT2D eigenvalue weighted by Gasteiger charge is 2.51. The molecule has 3 N–H and O–H groups in total. The lowest BCUT2D eigenvalue weighted by Crippen LogP contribution is -2.59. The fourth-order valence-corrected chi connectivity index (χ4v) is 10.8. The van der Waals surface area contributed by atoms with Crippen LogP contribution in [0.15, 0.2) is 72.2 Å². The zero-order valence-corrected chi connectivity index (χ0v) is 45.4. The van der Waals surface area contributed by atoms with E-state index in [-0.39, 0.29) is 48.2 Å². The molecule has 4 atom stereocenters. The summed E-state index contributed by atoms with van der Waals surface area (Å²) in [6, 6.07) is 17.1. The van der Waals surface area contributed by atoms with Gasteiger partial charge in [0, 0.05) is 51.4 Å². The van der Waals surface area contributed by atoms with E-state index in [1.165, 1.54) is 11.0 Å². The number of thiocarbonyl (C=S) groups is 1. The molecule has 0 bridgehead atoms. The first kappa shape index (κ1) is 57.6. The Morgan fingerprint density at radius 1 is 0.947 bits per heavy atom. The quantitative estimate of drug-likeness (QED) is 0.119. The van der Waals surface area contributed by atoms with Gasteiger partial charge >= 0.3 is 6.18 Å². The van der Waals surface area contributed by atoms with Crippen molar-refractivity contribution < 1.29 is 51.7 Å². The molecule has 7 rings (SSSR count). The summed E-state index contributed by atoms with van der Waals surface area (Å²) >= 11 is 7.23. The minimum absolute atomic E-state index is 0.0109. The van der Waals surface area contributed by atoms with Crippen LogP contribution in [0.1, 0.15) is 76.4 Å². The zero-order valence-electron chi connectivity index (χ0n) is 43.8. The second-order valence-corrected chi connectivity index (χ2v) is 21.9. The van der Waals surface area contributed by atoms with E-state index in [0.29, 0.717) is 77.2 Å². The summed E-state index contributed by atoms with van der Waals surface area (Å²) in [5, 5.41) is 26.0. The zero-order chi connectivity index (χ0) is 55.1. The van der Waals surface area contributed by atoms with Gasteiger partial charge in [0.25, 0.3) is 5.91 Å². The number of hydrogen-bond acceptors (Lipinski definition) is 14. The van der Waals surface area contributed by atoms with E-state index < -0.39 is 58.3 Å². The third kappa shape index (κ3) is 13.7. The van der Waals surface area contributed by atoms with Crippen LogP contribution in [-0.2, 0) is 34.8 Å². The second-order valence-electron chi connectivity index (χ2n) is 20.7. The van der Waals surface area contributed by atoms with Gasteiger partial charge in [-0.25, -0.2) is 4.98 Å². The minimum atomic E-state index is -4.81. The maximum absolute atomic E-state index is 14.3. The summed E-state index contributed by atoms with van der Waals surface area (Å²) in [6.07, 6.45) is -5.64. The van der Waals surface area contributed by atoms with Crippen LogP contribution >= 0.6 is 23.6 Å². The van der Waals surface area contributed by atoms with Crippen LogP contribution in [0, 0.1) is 23.7 Å². The van der Waals surface area contributed by atoms with Gasteiger partial charge in [-0.2, -0.15) is 18.4 Å². The molecule has 1 aromatic heterocycles. The largest absolute Gasteiger partial charge is 0.492 e. The number of anilines is 2.